The topological polar surface area (TPSA) is 78.0 Å². The van der Waals surface area contributed by atoms with Crippen LogP contribution in [0.5, 0.6) is 0 Å². The molecule has 1 aromatic heterocycles. The normalized spacial score (nSPS) is 13.9. The SMILES string of the molecule is NC(=O)CCn1nc(-c2cc(F)cc(F)c2)c2c1CCCC2=O. The first kappa shape index (κ1) is 15.3. The molecule has 1 aliphatic rings. The summed E-state index contributed by atoms with van der Waals surface area (Å²) < 4.78 is 28.5. The summed E-state index contributed by atoms with van der Waals surface area (Å²) in [5, 5.41) is 4.32. The standard InChI is InChI=1S/C16H15F2N3O2/c17-10-6-9(7-11(18)8-10)16-15-12(2-1-3-13(15)22)21(20-16)5-4-14(19)23/h6-8H,1-5H2,(H2,19,23). The van der Waals surface area contributed by atoms with Crippen LogP contribution < -0.4 is 5.73 Å². The van der Waals surface area contributed by atoms with Gasteiger partial charge in [0.2, 0.25) is 5.91 Å². The van der Waals surface area contributed by atoms with E-state index < -0.39 is 17.5 Å². The third kappa shape index (κ3) is 2.99. The predicted molar refractivity (Wildman–Crippen MR) is 78.7 cm³/mol. The molecule has 1 amide bonds. The molecule has 2 aromatic rings. The van der Waals surface area contributed by atoms with Crippen LogP contribution in [0, 0.1) is 11.6 Å². The zero-order chi connectivity index (χ0) is 16.6. The van der Waals surface area contributed by atoms with Crippen molar-refractivity contribution in [1.82, 2.24) is 9.78 Å². The fraction of sp³-hybridized carbons (Fsp3) is 0.312. The van der Waals surface area contributed by atoms with E-state index in [0.717, 1.165) is 18.2 Å². The zero-order valence-electron chi connectivity index (χ0n) is 12.3. The molecule has 7 heteroatoms. The number of carbonyl (C=O) groups is 2. The van der Waals surface area contributed by atoms with E-state index in [0.29, 0.717) is 30.5 Å². The molecule has 0 spiro atoms. The smallest absolute Gasteiger partial charge is 0.219 e. The summed E-state index contributed by atoms with van der Waals surface area (Å²) in [7, 11) is 0. The molecule has 5 nitrogen and oxygen atoms in total. The molecule has 0 radical (unpaired) electrons. The molecule has 0 bridgehead atoms. The molecule has 0 atom stereocenters. The molecule has 3 rings (SSSR count). The number of carbonyl (C=O) groups excluding carboxylic acids is 2. The van der Waals surface area contributed by atoms with Crippen LogP contribution in [0.3, 0.4) is 0 Å². The van der Waals surface area contributed by atoms with E-state index in [1.165, 1.54) is 0 Å². The van der Waals surface area contributed by atoms with Crippen LogP contribution in [-0.2, 0) is 17.8 Å². The number of aromatic nitrogens is 2. The Morgan fingerprint density at radius 2 is 1.91 bits per heavy atom. The summed E-state index contributed by atoms with van der Waals surface area (Å²) >= 11 is 0. The van der Waals surface area contributed by atoms with Crippen LogP contribution >= 0.6 is 0 Å². The van der Waals surface area contributed by atoms with E-state index >= 15 is 0 Å². The number of primary amides is 1. The Labute approximate surface area is 131 Å². The predicted octanol–water partition coefficient (Wildman–Crippen LogP) is 2.22. The van der Waals surface area contributed by atoms with Gasteiger partial charge in [-0.05, 0) is 25.0 Å². The number of nitrogens with two attached hydrogens (primary N) is 1. The van der Waals surface area contributed by atoms with Crippen molar-refractivity contribution in [3.8, 4) is 11.3 Å². The number of amides is 1. The van der Waals surface area contributed by atoms with Crippen LogP contribution in [0.15, 0.2) is 18.2 Å². The highest BCUT2D eigenvalue weighted by Gasteiger charge is 2.28. The van der Waals surface area contributed by atoms with Crippen molar-refractivity contribution in [1.29, 1.82) is 0 Å². The summed E-state index contributed by atoms with van der Waals surface area (Å²) in [5.41, 5.74) is 6.72. The van der Waals surface area contributed by atoms with E-state index in [1.54, 1.807) is 4.68 Å². The number of Topliss-reactive ketones (excluding diaryl/α,β-unsaturated/α-hetero) is 1. The highest BCUT2D eigenvalue weighted by atomic mass is 19.1. The van der Waals surface area contributed by atoms with Gasteiger partial charge in [0, 0.05) is 30.2 Å². The van der Waals surface area contributed by atoms with Gasteiger partial charge in [-0.1, -0.05) is 0 Å². The third-order valence-corrected chi connectivity index (χ3v) is 3.86. The minimum Gasteiger partial charge on any atom is -0.370 e. The van der Waals surface area contributed by atoms with Gasteiger partial charge in [0.05, 0.1) is 12.1 Å². The summed E-state index contributed by atoms with van der Waals surface area (Å²) in [5.74, 6) is -2.04. The van der Waals surface area contributed by atoms with Crippen molar-refractivity contribution in [2.24, 2.45) is 5.73 Å². The first-order chi connectivity index (χ1) is 11.0. The van der Waals surface area contributed by atoms with Crippen molar-refractivity contribution in [2.45, 2.75) is 32.2 Å². The minimum atomic E-state index is -0.733. The number of benzene rings is 1. The van der Waals surface area contributed by atoms with Crippen molar-refractivity contribution in [2.75, 3.05) is 0 Å². The molecule has 1 aromatic carbocycles. The lowest BCUT2D eigenvalue weighted by atomic mass is 9.92. The maximum absolute atomic E-state index is 13.5. The van der Waals surface area contributed by atoms with Crippen LogP contribution in [0.2, 0.25) is 0 Å². The maximum Gasteiger partial charge on any atom is 0.219 e. The van der Waals surface area contributed by atoms with Gasteiger partial charge >= 0.3 is 0 Å². The largest absolute Gasteiger partial charge is 0.370 e. The number of hydrogen-bond acceptors (Lipinski definition) is 3. The third-order valence-electron chi connectivity index (χ3n) is 3.86. The molecular formula is C16H15F2N3O2. The summed E-state index contributed by atoms with van der Waals surface area (Å²) in [6, 6.07) is 3.06. The van der Waals surface area contributed by atoms with Gasteiger partial charge in [-0.15, -0.1) is 0 Å². The molecule has 1 aliphatic carbocycles. The average Bonchev–Trinajstić information content (AvgIpc) is 2.84. The molecule has 0 aliphatic heterocycles. The second-order valence-corrected chi connectivity index (χ2v) is 5.54. The molecular weight excluding hydrogens is 304 g/mol. The van der Waals surface area contributed by atoms with Gasteiger partial charge in [0.1, 0.15) is 17.3 Å². The Kier molecular flexibility index (Phi) is 3.94. The summed E-state index contributed by atoms with van der Waals surface area (Å²) in [6.45, 7) is 0.239. The maximum atomic E-state index is 13.5. The van der Waals surface area contributed by atoms with Crippen molar-refractivity contribution in [3.05, 3.63) is 41.1 Å². The quantitative estimate of drug-likeness (QED) is 0.938. The summed E-state index contributed by atoms with van der Waals surface area (Å²) in [4.78, 5) is 23.3. The van der Waals surface area contributed by atoms with Crippen LogP contribution in [-0.4, -0.2) is 21.5 Å². The number of fused-ring (bicyclic) bond motifs is 1. The fourth-order valence-corrected chi connectivity index (χ4v) is 2.88. The van der Waals surface area contributed by atoms with Crippen molar-refractivity contribution in [3.63, 3.8) is 0 Å². The molecule has 23 heavy (non-hydrogen) atoms. The van der Waals surface area contributed by atoms with E-state index in [2.05, 4.69) is 5.10 Å². The lowest BCUT2D eigenvalue weighted by Gasteiger charge is -2.13. The van der Waals surface area contributed by atoms with Crippen LogP contribution in [0.25, 0.3) is 11.3 Å². The lowest BCUT2D eigenvalue weighted by molar-refractivity contribution is -0.118. The second kappa shape index (κ2) is 5.91. The highest BCUT2D eigenvalue weighted by Crippen LogP contribution is 2.32. The number of nitrogens with zero attached hydrogens (tertiary/aromatic N) is 2. The molecule has 2 N–H and O–H groups in total. The molecule has 1 heterocycles. The Balaban J connectivity index is 2.12. The van der Waals surface area contributed by atoms with Gasteiger partial charge in [0.25, 0.3) is 0 Å². The zero-order valence-corrected chi connectivity index (χ0v) is 12.3. The lowest BCUT2D eigenvalue weighted by Crippen LogP contribution is -2.18. The molecule has 0 saturated heterocycles. The monoisotopic (exact) mass is 319 g/mol. The van der Waals surface area contributed by atoms with E-state index in [9.17, 15) is 18.4 Å². The van der Waals surface area contributed by atoms with Gasteiger partial charge < -0.3 is 5.73 Å². The molecule has 120 valence electrons. The Bertz CT molecular complexity index is 779. The molecule has 0 fully saturated rings. The first-order valence-corrected chi connectivity index (χ1v) is 7.33. The van der Waals surface area contributed by atoms with Crippen molar-refractivity contribution < 1.29 is 18.4 Å². The van der Waals surface area contributed by atoms with Gasteiger partial charge in [-0.3, -0.25) is 14.3 Å². The number of aryl methyl sites for hydroxylation is 1. The fourth-order valence-electron chi connectivity index (χ4n) is 2.88. The molecule has 0 unspecified atom stereocenters. The number of hydrogen-bond donors (Lipinski definition) is 1. The van der Waals surface area contributed by atoms with E-state index in [1.807, 2.05) is 0 Å². The van der Waals surface area contributed by atoms with Crippen LogP contribution in [0.1, 0.15) is 35.3 Å². The summed E-state index contributed by atoms with van der Waals surface area (Å²) in [6.07, 6.45) is 1.77. The Morgan fingerprint density at radius 3 is 2.57 bits per heavy atom. The highest BCUT2D eigenvalue weighted by molar-refractivity contribution is 6.03. The Hall–Kier alpha value is -2.57. The van der Waals surface area contributed by atoms with E-state index in [4.69, 9.17) is 5.73 Å². The second-order valence-electron chi connectivity index (χ2n) is 5.54. The molecule has 0 saturated carbocycles. The average molecular weight is 319 g/mol. The first-order valence-electron chi connectivity index (χ1n) is 7.33. The number of ketones is 1. The Morgan fingerprint density at radius 1 is 1.22 bits per heavy atom. The van der Waals surface area contributed by atoms with Crippen molar-refractivity contribution >= 4 is 11.7 Å². The minimum absolute atomic E-state index is 0.0826. The number of rotatable bonds is 4. The van der Waals surface area contributed by atoms with Gasteiger partial charge in [-0.25, -0.2) is 8.78 Å². The van der Waals surface area contributed by atoms with Crippen LogP contribution in [0.4, 0.5) is 8.78 Å². The van der Waals surface area contributed by atoms with Gasteiger partial charge in [0.15, 0.2) is 5.78 Å². The van der Waals surface area contributed by atoms with Gasteiger partial charge in [-0.2, -0.15) is 5.10 Å². The van der Waals surface area contributed by atoms with E-state index in [-0.39, 0.29) is 30.0 Å². The number of halogens is 2.